The summed E-state index contributed by atoms with van der Waals surface area (Å²) >= 11 is 3.41. The van der Waals surface area contributed by atoms with Crippen LogP contribution in [-0.4, -0.2) is 18.2 Å². The molecule has 4 heteroatoms. The van der Waals surface area contributed by atoms with Crippen LogP contribution in [0.3, 0.4) is 0 Å². The van der Waals surface area contributed by atoms with Crippen LogP contribution in [0.25, 0.3) is 10.9 Å². The number of rotatable bonds is 3. The Morgan fingerprint density at radius 3 is 3.07 bits per heavy atom. The second-order valence-electron chi connectivity index (χ2n) is 3.66. The Labute approximate surface area is 97.0 Å². The lowest BCUT2D eigenvalue weighted by Crippen LogP contribution is -2.23. The average molecular weight is 269 g/mol. The first-order chi connectivity index (χ1) is 7.20. The van der Waals surface area contributed by atoms with Crippen LogP contribution in [0.15, 0.2) is 27.2 Å². The average Bonchev–Trinajstić information content (AvgIpc) is 2.60. The molecule has 1 N–H and O–H groups in total. The molecule has 1 aromatic carbocycles. The van der Waals surface area contributed by atoms with E-state index < -0.39 is 0 Å². The number of nitrogens with one attached hydrogen (secondary N) is 1. The van der Waals surface area contributed by atoms with Crippen molar-refractivity contribution in [2.24, 2.45) is 0 Å². The van der Waals surface area contributed by atoms with Gasteiger partial charge in [-0.3, -0.25) is 0 Å². The molecular weight excluding hydrogens is 256 g/mol. The molecule has 0 spiro atoms. The summed E-state index contributed by atoms with van der Waals surface area (Å²) < 4.78 is 6.36. The van der Waals surface area contributed by atoms with Crippen molar-refractivity contribution < 1.29 is 4.52 Å². The van der Waals surface area contributed by atoms with E-state index in [1.165, 1.54) is 0 Å². The van der Waals surface area contributed by atoms with E-state index in [-0.39, 0.29) is 0 Å². The highest BCUT2D eigenvalue weighted by Crippen LogP contribution is 2.23. The van der Waals surface area contributed by atoms with Crippen molar-refractivity contribution in [2.45, 2.75) is 19.4 Å². The van der Waals surface area contributed by atoms with Gasteiger partial charge in [-0.2, -0.15) is 0 Å². The molecule has 0 radical (unpaired) electrons. The van der Waals surface area contributed by atoms with E-state index in [1.807, 2.05) is 25.2 Å². The summed E-state index contributed by atoms with van der Waals surface area (Å²) in [5.41, 5.74) is 0.905. The maximum Gasteiger partial charge on any atom is 0.146 e. The SMILES string of the molecule is CNC(C)Cc1onc2cc(Br)ccc12. The Balaban J connectivity index is 2.36. The molecule has 0 aliphatic rings. The molecule has 1 heterocycles. The number of benzene rings is 1. The Hall–Kier alpha value is -0.870. The minimum absolute atomic E-state index is 0.393. The van der Waals surface area contributed by atoms with Crippen molar-refractivity contribution in [3.8, 4) is 0 Å². The molecule has 0 fully saturated rings. The predicted octanol–water partition coefficient (Wildman–Crippen LogP) is 2.74. The smallest absolute Gasteiger partial charge is 0.146 e. The summed E-state index contributed by atoms with van der Waals surface area (Å²) in [5, 5.41) is 8.31. The quantitative estimate of drug-likeness (QED) is 0.931. The number of halogens is 1. The Morgan fingerprint density at radius 1 is 1.53 bits per heavy atom. The monoisotopic (exact) mass is 268 g/mol. The van der Waals surface area contributed by atoms with Crippen molar-refractivity contribution in [3.63, 3.8) is 0 Å². The first-order valence-electron chi connectivity index (χ1n) is 4.92. The van der Waals surface area contributed by atoms with Gasteiger partial charge in [-0.05, 0) is 32.2 Å². The maximum atomic E-state index is 5.33. The lowest BCUT2D eigenvalue weighted by atomic mass is 10.1. The predicted molar refractivity (Wildman–Crippen MR) is 63.9 cm³/mol. The van der Waals surface area contributed by atoms with Gasteiger partial charge >= 0.3 is 0 Å². The van der Waals surface area contributed by atoms with Gasteiger partial charge in [0.05, 0.1) is 0 Å². The lowest BCUT2D eigenvalue weighted by molar-refractivity contribution is 0.378. The van der Waals surface area contributed by atoms with Crippen molar-refractivity contribution in [3.05, 3.63) is 28.4 Å². The van der Waals surface area contributed by atoms with Gasteiger partial charge < -0.3 is 9.84 Å². The summed E-state index contributed by atoms with van der Waals surface area (Å²) in [6.07, 6.45) is 0.856. The second kappa shape index (κ2) is 4.33. The molecule has 80 valence electrons. The third kappa shape index (κ3) is 2.21. The van der Waals surface area contributed by atoms with Crippen LogP contribution in [0.1, 0.15) is 12.7 Å². The number of hydrogen-bond acceptors (Lipinski definition) is 3. The molecule has 1 atom stereocenters. The largest absolute Gasteiger partial charge is 0.360 e. The molecule has 2 rings (SSSR count). The van der Waals surface area contributed by atoms with Crippen LogP contribution in [0.5, 0.6) is 0 Å². The van der Waals surface area contributed by atoms with Crippen molar-refractivity contribution >= 4 is 26.8 Å². The van der Waals surface area contributed by atoms with E-state index in [0.717, 1.165) is 27.6 Å². The number of likely N-dealkylation sites (N-methyl/N-ethyl adjacent to an activating group) is 1. The zero-order chi connectivity index (χ0) is 10.8. The van der Waals surface area contributed by atoms with E-state index in [1.54, 1.807) is 0 Å². The van der Waals surface area contributed by atoms with E-state index in [9.17, 15) is 0 Å². The lowest BCUT2D eigenvalue weighted by Gasteiger charge is -2.06. The molecule has 0 aliphatic carbocycles. The Morgan fingerprint density at radius 2 is 2.33 bits per heavy atom. The molecule has 0 amide bonds. The molecule has 0 saturated carbocycles. The van der Waals surface area contributed by atoms with Gasteiger partial charge in [0.2, 0.25) is 0 Å². The maximum absolute atomic E-state index is 5.33. The van der Waals surface area contributed by atoms with Crippen LogP contribution in [0, 0.1) is 0 Å². The van der Waals surface area contributed by atoms with Crippen LogP contribution in [0.4, 0.5) is 0 Å². The second-order valence-corrected chi connectivity index (χ2v) is 4.58. The van der Waals surface area contributed by atoms with Gasteiger partial charge in [-0.1, -0.05) is 21.1 Å². The minimum atomic E-state index is 0.393. The molecule has 3 nitrogen and oxygen atoms in total. The summed E-state index contributed by atoms with van der Waals surface area (Å²) in [6, 6.07) is 6.40. The molecule has 2 aromatic rings. The summed E-state index contributed by atoms with van der Waals surface area (Å²) in [4.78, 5) is 0. The van der Waals surface area contributed by atoms with E-state index >= 15 is 0 Å². The third-order valence-electron chi connectivity index (χ3n) is 2.50. The molecule has 15 heavy (non-hydrogen) atoms. The first-order valence-corrected chi connectivity index (χ1v) is 5.71. The molecular formula is C11H13BrN2O. The Bertz CT molecular complexity index is 467. The molecule has 1 unspecified atom stereocenters. The summed E-state index contributed by atoms with van der Waals surface area (Å²) in [7, 11) is 1.94. The Kier molecular flexibility index (Phi) is 3.07. The normalized spacial score (nSPS) is 13.3. The van der Waals surface area contributed by atoms with E-state index in [0.29, 0.717) is 6.04 Å². The third-order valence-corrected chi connectivity index (χ3v) is 2.99. The number of nitrogens with zero attached hydrogens (tertiary/aromatic N) is 1. The topological polar surface area (TPSA) is 38.1 Å². The fourth-order valence-electron chi connectivity index (χ4n) is 1.50. The van der Waals surface area contributed by atoms with E-state index in [4.69, 9.17) is 4.52 Å². The van der Waals surface area contributed by atoms with Gasteiger partial charge in [0.15, 0.2) is 0 Å². The number of fused-ring (bicyclic) bond motifs is 1. The van der Waals surface area contributed by atoms with Gasteiger partial charge in [0, 0.05) is 22.3 Å². The van der Waals surface area contributed by atoms with Crippen LogP contribution in [0.2, 0.25) is 0 Å². The highest BCUT2D eigenvalue weighted by atomic mass is 79.9. The van der Waals surface area contributed by atoms with Crippen molar-refractivity contribution in [1.82, 2.24) is 10.5 Å². The number of aromatic nitrogens is 1. The highest BCUT2D eigenvalue weighted by Gasteiger charge is 2.10. The molecule has 0 bridgehead atoms. The van der Waals surface area contributed by atoms with E-state index in [2.05, 4.69) is 33.3 Å². The first kappa shape index (κ1) is 10.6. The zero-order valence-electron chi connectivity index (χ0n) is 8.75. The van der Waals surface area contributed by atoms with Crippen LogP contribution in [-0.2, 0) is 6.42 Å². The van der Waals surface area contributed by atoms with Gasteiger partial charge in [-0.25, -0.2) is 0 Å². The number of hydrogen-bond donors (Lipinski definition) is 1. The van der Waals surface area contributed by atoms with Crippen molar-refractivity contribution in [1.29, 1.82) is 0 Å². The van der Waals surface area contributed by atoms with Gasteiger partial charge in [0.25, 0.3) is 0 Å². The fraction of sp³-hybridized carbons (Fsp3) is 0.364. The van der Waals surface area contributed by atoms with Crippen LogP contribution >= 0.6 is 15.9 Å². The van der Waals surface area contributed by atoms with Crippen molar-refractivity contribution in [2.75, 3.05) is 7.05 Å². The summed E-state index contributed by atoms with van der Waals surface area (Å²) in [6.45, 7) is 2.12. The standard InChI is InChI=1S/C11H13BrN2O/c1-7(13-2)5-11-9-4-3-8(12)6-10(9)14-15-11/h3-4,6-7,13H,5H2,1-2H3. The zero-order valence-corrected chi connectivity index (χ0v) is 10.3. The molecule has 1 aromatic heterocycles. The minimum Gasteiger partial charge on any atom is -0.360 e. The molecule has 0 aliphatic heterocycles. The van der Waals surface area contributed by atoms with Crippen LogP contribution < -0.4 is 5.32 Å². The van der Waals surface area contributed by atoms with Gasteiger partial charge in [-0.15, -0.1) is 0 Å². The highest BCUT2D eigenvalue weighted by molar-refractivity contribution is 9.10. The van der Waals surface area contributed by atoms with Gasteiger partial charge in [0.1, 0.15) is 11.3 Å². The molecule has 0 saturated heterocycles. The fourth-order valence-corrected chi connectivity index (χ4v) is 1.85. The summed E-state index contributed by atoms with van der Waals surface area (Å²) in [5.74, 6) is 0.944.